The van der Waals surface area contributed by atoms with Gasteiger partial charge in [0, 0.05) is 11.3 Å². The first-order valence-electron chi connectivity index (χ1n) is 8.73. The van der Waals surface area contributed by atoms with E-state index < -0.39 is 11.8 Å². The lowest BCUT2D eigenvalue weighted by molar-refractivity contribution is -0.113. The predicted octanol–water partition coefficient (Wildman–Crippen LogP) is 4.54. The molecule has 4 nitrogen and oxygen atoms in total. The zero-order chi connectivity index (χ0) is 19.9. The van der Waals surface area contributed by atoms with E-state index >= 15 is 0 Å². The standard InChI is InChI=1S/C23H19FN2O2/c1-16-7-13-20(14-8-16)25-23(28)21(15-17-9-11-19(24)12-10-17)26-22(27)18-5-3-2-4-6-18/h2-15H,1H3,(H,25,28)(H,26,27). The Morgan fingerprint density at radius 3 is 2.14 bits per heavy atom. The van der Waals surface area contributed by atoms with Gasteiger partial charge in [-0.15, -0.1) is 0 Å². The third-order valence-corrected chi connectivity index (χ3v) is 4.02. The quantitative estimate of drug-likeness (QED) is 0.644. The van der Waals surface area contributed by atoms with Gasteiger partial charge in [0.15, 0.2) is 0 Å². The molecule has 5 heteroatoms. The summed E-state index contributed by atoms with van der Waals surface area (Å²) >= 11 is 0. The highest BCUT2D eigenvalue weighted by Crippen LogP contribution is 2.13. The SMILES string of the molecule is Cc1ccc(NC(=O)C(=Cc2ccc(F)cc2)NC(=O)c2ccccc2)cc1. The summed E-state index contributed by atoms with van der Waals surface area (Å²) in [5, 5.41) is 5.41. The minimum absolute atomic E-state index is 0.0565. The number of hydrogen-bond donors (Lipinski definition) is 2. The highest BCUT2D eigenvalue weighted by atomic mass is 19.1. The summed E-state index contributed by atoms with van der Waals surface area (Å²) in [7, 11) is 0. The Balaban J connectivity index is 1.86. The monoisotopic (exact) mass is 374 g/mol. The molecule has 3 rings (SSSR count). The average molecular weight is 374 g/mol. The minimum atomic E-state index is -0.475. The van der Waals surface area contributed by atoms with E-state index in [1.807, 2.05) is 19.1 Å². The van der Waals surface area contributed by atoms with Crippen molar-refractivity contribution in [3.8, 4) is 0 Å². The van der Waals surface area contributed by atoms with Gasteiger partial charge in [-0.1, -0.05) is 48.0 Å². The number of carbonyl (C=O) groups is 2. The van der Waals surface area contributed by atoms with Gasteiger partial charge in [-0.05, 0) is 55.0 Å². The first-order chi connectivity index (χ1) is 13.5. The molecule has 0 radical (unpaired) electrons. The number of hydrogen-bond acceptors (Lipinski definition) is 2. The number of nitrogens with one attached hydrogen (secondary N) is 2. The van der Waals surface area contributed by atoms with E-state index in [1.165, 1.54) is 30.3 Å². The van der Waals surface area contributed by atoms with Crippen LogP contribution in [0, 0.1) is 12.7 Å². The molecule has 0 fully saturated rings. The molecule has 0 unspecified atom stereocenters. The van der Waals surface area contributed by atoms with Crippen LogP contribution in [0.25, 0.3) is 6.08 Å². The molecule has 2 N–H and O–H groups in total. The van der Waals surface area contributed by atoms with Crippen molar-refractivity contribution in [3.05, 3.63) is 107 Å². The summed E-state index contributed by atoms with van der Waals surface area (Å²) in [5.41, 5.74) is 2.74. The van der Waals surface area contributed by atoms with Crippen molar-refractivity contribution >= 4 is 23.6 Å². The van der Waals surface area contributed by atoms with Crippen LogP contribution >= 0.6 is 0 Å². The fraction of sp³-hybridized carbons (Fsp3) is 0.0435. The van der Waals surface area contributed by atoms with Crippen LogP contribution in [0.4, 0.5) is 10.1 Å². The second-order valence-electron chi connectivity index (χ2n) is 6.25. The van der Waals surface area contributed by atoms with Gasteiger partial charge in [0.25, 0.3) is 11.8 Å². The molecule has 0 spiro atoms. The summed E-state index contributed by atoms with van der Waals surface area (Å²) in [5.74, 6) is -1.26. The predicted molar refractivity (Wildman–Crippen MR) is 108 cm³/mol. The summed E-state index contributed by atoms with van der Waals surface area (Å²) < 4.78 is 13.2. The van der Waals surface area contributed by atoms with Crippen molar-refractivity contribution in [2.75, 3.05) is 5.32 Å². The van der Waals surface area contributed by atoms with Crippen LogP contribution in [-0.2, 0) is 4.79 Å². The number of benzene rings is 3. The zero-order valence-electron chi connectivity index (χ0n) is 15.3. The largest absolute Gasteiger partial charge is 0.321 e. The maximum Gasteiger partial charge on any atom is 0.272 e. The molecular formula is C23H19FN2O2. The Hall–Kier alpha value is -3.73. The number of anilines is 1. The molecule has 140 valence electrons. The molecule has 0 saturated carbocycles. The molecule has 0 aromatic heterocycles. The van der Waals surface area contributed by atoms with E-state index in [0.29, 0.717) is 16.8 Å². The van der Waals surface area contributed by atoms with Gasteiger partial charge in [0.1, 0.15) is 11.5 Å². The van der Waals surface area contributed by atoms with E-state index in [2.05, 4.69) is 10.6 Å². The van der Waals surface area contributed by atoms with Crippen LogP contribution in [0.2, 0.25) is 0 Å². The summed E-state index contributed by atoms with van der Waals surface area (Å²) in [4.78, 5) is 25.3. The highest BCUT2D eigenvalue weighted by molar-refractivity contribution is 6.10. The molecule has 3 aromatic rings. The smallest absolute Gasteiger partial charge is 0.272 e. The number of halogens is 1. The van der Waals surface area contributed by atoms with E-state index in [1.54, 1.807) is 42.5 Å². The molecule has 0 atom stereocenters. The van der Waals surface area contributed by atoms with Crippen LogP contribution in [0.15, 0.2) is 84.6 Å². The summed E-state index contributed by atoms with van der Waals surface area (Å²) in [6.45, 7) is 1.95. The molecule has 28 heavy (non-hydrogen) atoms. The molecule has 0 aliphatic heterocycles. The Morgan fingerprint density at radius 1 is 0.857 bits per heavy atom. The molecule has 0 aliphatic rings. The second-order valence-corrected chi connectivity index (χ2v) is 6.25. The van der Waals surface area contributed by atoms with Gasteiger partial charge >= 0.3 is 0 Å². The van der Waals surface area contributed by atoms with Gasteiger partial charge in [-0.25, -0.2) is 4.39 Å². The molecule has 2 amide bonds. The van der Waals surface area contributed by atoms with Gasteiger partial charge in [0.05, 0.1) is 0 Å². The van der Waals surface area contributed by atoms with E-state index in [-0.39, 0.29) is 11.5 Å². The van der Waals surface area contributed by atoms with Crippen LogP contribution < -0.4 is 10.6 Å². The van der Waals surface area contributed by atoms with Crippen molar-refractivity contribution < 1.29 is 14.0 Å². The third kappa shape index (κ3) is 5.14. The van der Waals surface area contributed by atoms with Crippen molar-refractivity contribution in [1.29, 1.82) is 0 Å². The van der Waals surface area contributed by atoms with Crippen molar-refractivity contribution in [3.63, 3.8) is 0 Å². The lowest BCUT2D eigenvalue weighted by Gasteiger charge is -2.11. The Kier molecular flexibility index (Phi) is 5.97. The molecule has 0 bridgehead atoms. The maximum atomic E-state index is 13.2. The van der Waals surface area contributed by atoms with Gasteiger partial charge < -0.3 is 10.6 Å². The summed E-state index contributed by atoms with van der Waals surface area (Å²) in [6, 6.07) is 21.6. The normalized spacial score (nSPS) is 11.0. The van der Waals surface area contributed by atoms with Crippen molar-refractivity contribution in [2.45, 2.75) is 6.92 Å². The van der Waals surface area contributed by atoms with Crippen LogP contribution in [0.3, 0.4) is 0 Å². The van der Waals surface area contributed by atoms with Crippen molar-refractivity contribution in [2.24, 2.45) is 0 Å². The van der Waals surface area contributed by atoms with E-state index in [0.717, 1.165) is 5.56 Å². The molecule has 3 aromatic carbocycles. The average Bonchev–Trinajstić information content (AvgIpc) is 2.71. The summed E-state index contributed by atoms with van der Waals surface area (Å²) in [6.07, 6.45) is 1.50. The Bertz CT molecular complexity index is 995. The lowest BCUT2D eigenvalue weighted by atomic mass is 10.1. The minimum Gasteiger partial charge on any atom is -0.321 e. The second kappa shape index (κ2) is 8.77. The number of rotatable bonds is 5. The third-order valence-electron chi connectivity index (χ3n) is 4.02. The van der Waals surface area contributed by atoms with E-state index in [9.17, 15) is 14.0 Å². The highest BCUT2D eigenvalue weighted by Gasteiger charge is 2.15. The first kappa shape index (κ1) is 19.0. The fourth-order valence-electron chi connectivity index (χ4n) is 2.50. The number of amides is 2. The first-order valence-corrected chi connectivity index (χ1v) is 8.73. The molecular weight excluding hydrogens is 355 g/mol. The molecule has 0 saturated heterocycles. The van der Waals surface area contributed by atoms with Crippen LogP contribution in [-0.4, -0.2) is 11.8 Å². The zero-order valence-corrected chi connectivity index (χ0v) is 15.3. The Labute approximate surface area is 162 Å². The Morgan fingerprint density at radius 2 is 1.50 bits per heavy atom. The van der Waals surface area contributed by atoms with E-state index in [4.69, 9.17) is 0 Å². The topological polar surface area (TPSA) is 58.2 Å². The van der Waals surface area contributed by atoms with Crippen LogP contribution in [0.5, 0.6) is 0 Å². The van der Waals surface area contributed by atoms with Gasteiger partial charge in [-0.3, -0.25) is 9.59 Å². The number of aryl methyl sites for hydroxylation is 1. The number of carbonyl (C=O) groups excluding carboxylic acids is 2. The lowest BCUT2D eigenvalue weighted by Crippen LogP contribution is -2.30. The fourth-order valence-corrected chi connectivity index (χ4v) is 2.50. The molecule has 0 heterocycles. The van der Waals surface area contributed by atoms with Gasteiger partial charge in [0.2, 0.25) is 0 Å². The van der Waals surface area contributed by atoms with Crippen LogP contribution in [0.1, 0.15) is 21.5 Å². The maximum absolute atomic E-state index is 13.2. The van der Waals surface area contributed by atoms with Crippen molar-refractivity contribution in [1.82, 2.24) is 5.32 Å². The molecule has 0 aliphatic carbocycles. The van der Waals surface area contributed by atoms with Gasteiger partial charge in [-0.2, -0.15) is 0 Å².